The van der Waals surface area contributed by atoms with E-state index in [1.807, 2.05) is 18.5 Å². The molecule has 1 N–H and O–H groups in total. The summed E-state index contributed by atoms with van der Waals surface area (Å²) in [6.07, 6.45) is 0. The van der Waals surface area contributed by atoms with E-state index in [4.69, 9.17) is 11.6 Å². The van der Waals surface area contributed by atoms with E-state index < -0.39 is 11.6 Å². The maximum Gasteiger partial charge on any atom is 0.159 e. The summed E-state index contributed by atoms with van der Waals surface area (Å²) in [5.41, 5.74) is 2.37. The van der Waals surface area contributed by atoms with Crippen LogP contribution in [0.3, 0.4) is 0 Å². The Labute approximate surface area is 121 Å². The van der Waals surface area contributed by atoms with Crippen LogP contribution in [0.2, 0.25) is 5.02 Å². The molecule has 0 radical (unpaired) electrons. The molecule has 0 aliphatic heterocycles. The molecular formula is C14H16ClF2N3. The van der Waals surface area contributed by atoms with Crippen LogP contribution in [0.25, 0.3) is 0 Å². The third kappa shape index (κ3) is 3.16. The minimum absolute atomic E-state index is 0.432. The second kappa shape index (κ2) is 6.33. The predicted molar refractivity (Wildman–Crippen MR) is 74.5 cm³/mol. The average Bonchev–Trinajstić information content (AvgIpc) is 2.70. The van der Waals surface area contributed by atoms with Crippen molar-refractivity contribution in [3.05, 3.63) is 51.8 Å². The van der Waals surface area contributed by atoms with E-state index >= 15 is 0 Å². The summed E-state index contributed by atoms with van der Waals surface area (Å²) in [5, 5.41) is 8.12. The van der Waals surface area contributed by atoms with Gasteiger partial charge in [-0.15, -0.1) is 0 Å². The molecule has 1 aromatic heterocycles. The molecule has 2 aromatic rings. The van der Waals surface area contributed by atoms with Crippen LogP contribution in [0.5, 0.6) is 0 Å². The van der Waals surface area contributed by atoms with Gasteiger partial charge in [0.2, 0.25) is 0 Å². The number of aromatic nitrogens is 2. The minimum atomic E-state index is -0.837. The Morgan fingerprint density at radius 1 is 1.25 bits per heavy atom. The first kappa shape index (κ1) is 14.9. The lowest BCUT2D eigenvalue weighted by Crippen LogP contribution is -2.16. The zero-order chi connectivity index (χ0) is 14.7. The number of nitrogens with one attached hydrogen (secondary N) is 1. The number of rotatable bonds is 5. The van der Waals surface area contributed by atoms with E-state index in [-0.39, 0.29) is 0 Å². The van der Waals surface area contributed by atoms with E-state index in [0.29, 0.717) is 23.7 Å². The summed E-state index contributed by atoms with van der Waals surface area (Å²) in [5.74, 6) is -1.67. The molecule has 0 fully saturated rings. The molecule has 108 valence electrons. The van der Waals surface area contributed by atoms with Crippen molar-refractivity contribution < 1.29 is 8.78 Å². The van der Waals surface area contributed by atoms with Gasteiger partial charge in [0.1, 0.15) is 0 Å². The van der Waals surface area contributed by atoms with Gasteiger partial charge in [0, 0.05) is 19.6 Å². The van der Waals surface area contributed by atoms with Crippen molar-refractivity contribution >= 4 is 11.6 Å². The molecule has 6 heteroatoms. The topological polar surface area (TPSA) is 29.9 Å². The molecule has 0 unspecified atom stereocenters. The van der Waals surface area contributed by atoms with Gasteiger partial charge in [-0.3, -0.25) is 4.68 Å². The highest BCUT2D eigenvalue weighted by atomic mass is 35.5. The Balaban J connectivity index is 2.01. The molecule has 2 rings (SSSR count). The predicted octanol–water partition coefficient (Wildman–Crippen LogP) is 3.43. The number of hydrogen-bond acceptors (Lipinski definition) is 2. The lowest BCUT2D eigenvalue weighted by molar-refractivity contribution is 0.505. The molecule has 0 bridgehead atoms. The fraction of sp³-hybridized carbons (Fsp3) is 0.357. The highest BCUT2D eigenvalue weighted by Gasteiger charge is 2.11. The van der Waals surface area contributed by atoms with Gasteiger partial charge >= 0.3 is 0 Å². The van der Waals surface area contributed by atoms with Crippen LogP contribution >= 0.6 is 11.6 Å². The van der Waals surface area contributed by atoms with Crippen molar-refractivity contribution in [2.75, 3.05) is 0 Å². The number of benzene rings is 1. The lowest BCUT2D eigenvalue weighted by Gasteiger charge is -2.08. The summed E-state index contributed by atoms with van der Waals surface area (Å²) in [6.45, 7) is 5.53. The Hall–Kier alpha value is -1.46. The molecule has 0 saturated carbocycles. The third-order valence-corrected chi connectivity index (χ3v) is 3.55. The lowest BCUT2D eigenvalue weighted by atomic mass is 10.2. The van der Waals surface area contributed by atoms with Crippen LogP contribution in [-0.2, 0) is 19.6 Å². The molecule has 1 heterocycles. The van der Waals surface area contributed by atoms with Gasteiger partial charge in [-0.2, -0.15) is 5.10 Å². The monoisotopic (exact) mass is 299 g/mol. The van der Waals surface area contributed by atoms with E-state index in [1.165, 1.54) is 6.07 Å². The second-order valence-electron chi connectivity index (χ2n) is 4.51. The van der Waals surface area contributed by atoms with Crippen LogP contribution < -0.4 is 5.32 Å². The summed E-state index contributed by atoms with van der Waals surface area (Å²) >= 11 is 6.19. The second-order valence-corrected chi connectivity index (χ2v) is 4.89. The van der Waals surface area contributed by atoms with Crippen molar-refractivity contribution in [2.45, 2.75) is 33.5 Å². The van der Waals surface area contributed by atoms with Crippen LogP contribution in [0.4, 0.5) is 8.78 Å². The molecular weight excluding hydrogens is 284 g/mol. The molecule has 0 spiro atoms. The van der Waals surface area contributed by atoms with Crippen LogP contribution in [0.1, 0.15) is 23.9 Å². The smallest absolute Gasteiger partial charge is 0.159 e. The summed E-state index contributed by atoms with van der Waals surface area (Å²) in [4.78, 5) is 0. The summed E-state index contributed by atoms with van der Waals surface area (Å²) in [7, 11) is 0. The van der Waals surface area contributed by atoms with E-state index in [1.54, 1.807) is 6.07 Å². The van der Waals surface area contributed by atoms with Crippen LogP contribution in [-0.4, -0.2) is 9.78 Å². The highest BCUT2D eigenvalue weighted by Crippen LogP contribution is 2.20. The maximum atomic E-state index is 13.1. The summed E-state index contributed by atoms with van der Waals surface area (Å²) in [6, 6.07) is 3.86. The Kier molecular flexibility index (Phi) is 4.73. The fourth-order valence-corrected chi connectivity index (χ4v) is 2.21. The van der Waals surface area contributed by atoms with E-state index in [0.717, 1.165) is 24.0 Å². The molecule has 0 saturated heterocycles. The zero-order valence-electron chi connectivity index (χ0n) is 11.4. The molecule has 3 nitrogen and oxygen atoms in total. The first-order valence-electron chi connectivity index (χ1n) is 6.39. The minimum Gasteiger partial charge on any atom is -0.307 e. The number of hydrogen-bond donors (Lipinski definition) is 1. The Morgan fingerprint density at radius 3 is 2.65 bits per heavy atom. The number of nitrogens with zero attached hydrogens (tertiary/aromatic N) is 2. The summed E-state index contributed by atoms with van der Waals surface area (Å²) < 4.78 is 27.7. The van der Waals surface area contributed by atoms with E-state index in [2.05, 4.69) is 10.4 Å². The quantitative estimate of drug-likeness (QED) is 0.916. The Morgan fingerprint density at radius 2 is 2.00 bits per heavy atom. The maximum absolute atomic E-state index is 13.1. The van der Waals surface area contributed by atoms with Crippen LogP contribution in [0, 0.1) is 18.6 Å². The van der Waals surface area contributed by atoms with Crippen molar-refractivity contribution in [1.29, 1.82) is 0 Å². The normalized spacial score (nSPS) is 11.1. The van der Waals surface area contributed by atoms with Gasteiger partial charge in [-0.05, 0) is 31.5 Å². The van der Waals surface area contributed by atoms with Gasteiger partial charge in [0.15, 0.2) is 11.6 Å². The zero-order valence-corrected chi connectivity index (χ0v) is 12.1. The van der Waals surface area contributed by atoms with Gasteiger partial charge in [-0.25, -0.2) is 8.78 Å². The molecule has 0 aliphatic rings. The SMILES string of the molecule is CCn1nc(C)c(Cl)c1CNCc1ccc(F)c(F)c1. The van der Waals surface area contributed by atoms with Gasteiger partial charge < -0.3 is 5.32 Å². The molecule has 20 heavy (non-hydrogen) atoms. The average molecular weight is 300 g/mol. The standard InChI is InChI=1S/C14H16ClF2N3/c1-3-20-13(14(15)9(2)19-20)8-18-7-10-4-5-11(16)12(17)6-10/h4-6,18H,3,7-8H2,1-2H3. The van der Waals surface area contributed by atoms with Gasteiger partial charge in [0.05, 0.1) is 16.4 Å². The Bertz CT molecular complexity index is 611. The van der Waals surface area contributed by atoms with Crippen LogP contribution in [0.15, 0.2) is 18.2 Å². The van der Waals surface area contributed by atoms with Gasteiger partial charge in [0.25, 0.3) is 0 Å². The molecule has 0 atom stereocenters. The van der Waals surface area contributed by atoms with Crippen molar-refractivity contribution in [3.63, 3.8) is 0 Å². The largest absolute Gasteiger partial charge is 0.307 e. The third-order valence-electron chi connectivity index (χ3n) is 3.06. The van der Waals surface area contributed by atoms with Crippen molar-refractivity contribution in [3.8, 4) is 0 Å². The number of aryl methyl sites for hydroxylation is 2. The molecule has 0 amide bonds. The van der Waals surface area contributed by atoms with Gasteiger partial charge in [-0.1, -0.05) is 17.7 Å². The highest BCUT2D eigenvalue weighted by molar-refractivity contribution is 6.31. The molecule has 1 aromatic carbocycles. The first-order valence-corrected chi connectivity index (χ1v) is 6.77. The number of halogens is 3. The van der Waals surface area contributed by atoms with Crippen molar-refractivity contribution in [1.82, 2.24) is 15.1 Å². The first-order chi connectivity index (χ1) is 9.52. The van der Waals surface area contributed by atoms with E-state index in [9.17, 15) is 8.78 Å². The van der Waals surface area contributed by atoms with Crippen molar-refractivity contribution in [2.24, 2.45) is 0 Å². The molecule has 0 aliphatic carbocycles. The fourth-order valence-electron chi connectivity index (χ4n) is 2.01.